The Labute approximate surface area is 194 Å². The fourth-order valence-corrected chi connectivity index (χ4v) is 5.31. The van der Waals surface area contributed by atoms with Crippen molar-refractivity contribution in [2.75, 3.05) is 13.7 Å². The highest BCUT2D eigenvalue weighted by Gasteiger charge is 2.69. The number of methoxy groups -OCH3 is 1. The molecule has 6 heteroatoms. The van der Waals surface area contributed by atoms with Gasteiger partial charge in [-0.15, -0.1) is 0 Å². The molecule has 0 unspecified atom stereocenters. The Morgan fingerprint density at radius 2 is 1.62 bits per heavy atom. The largest absolute Gasteiger partial charge is 0.381 e. The first-order valence-electron chi connectivity index (χ1n) is 13.1. The van der Waals surface area contributed by atoms with Crippen LogP contribution in [-0.4, -0.2) is 54.4 Å². The van der Waals surface area contributed by atoms with Gasteiger partial charge in [-0.05, 0) is 12.5 Å². The van der Waals surface area contributed by atoms with Gasteiger partial charge in [0.2, 0.25) is 11.7 Å². The van der Waals surface area contributed by atoms with Crippen LogP contribution in [0.3, 0.4) is 0 Å². The number of carbonyl (C=O) groups is 1. The van der Waals surface area contributed by atoms with E-state index in [2.05, 4.69) is 12.2 Å². The lowest BCUT2D eigenvalue weighted by molar-refractivity contribution is -0.314. The predicted molar refractivity (Wildman–Crippen MR) is 125 cm³/mol. The number of nitrogens with one attached hydrogen (secondary N) is 1. The molecule has 0 spiro atoms. The molecule has 184 valence electrons. The summed E-state index contributed by atoms with van der Waals surface area (Å²) in [6, 6.07) is -0.228. The molecule has 3 aliphatic rings. The zero-order chi connectivity index (χ0) is 22.9. The average Bonchev–Trinajstić information content (AvgIpc) is 3.58. The van der Waals surface area contributed by atoms with Crippen molar-refractivity contribution in [2.45, 2.75) is 133 Å². The highest BCUT2D eigenvalue weighted by Crippen LogP contribution is 2.51. The molecule has 0 aromatic rings. The molecule has 5 atom stereocenters. The molecule has 6 nitrogen and oxygen atoms in total. The molecule has 0 bridgehead atoms. The summed E-state index contributed by atoms with van der Waals surface area (Å²) >= 11 is 0. The van der Waals surface area contributed by atoms with Gasteiger partial charge in [-0.1, -0.05) is 90.0 Å². The molecule has 1 amide bonds. The van der Waals surface area contributed by atoms with Crippen LogP contribution in [0.15, 0.2) is 12.2 Å². The van der Waals surface area contributed by atoms with Crippen LogP contribution in [0.4, 0.5) is 0 Å². The molecule has 0 radical (unpaired) electrons. The van der Waals surface area contributed by atoms with Crippen molar-refractivity contribution in [1.82, 2.24) is 5.32 Å². The van der Waals surface area contributed by atoms with Gasteiger partial charge in [0.15, 0.2) is 5.60 Å². The summed E-state index contributed by atoms with van der Waals surface area (Å²) < 4.78 is 17.0. The number of fused-ring (bicyclic) bond motifs is 3. The highest BCUT2D eigenvalue weighted by molar-refractivity contribution is 5.76. The van der Waals surface area contributed by atoms with Gasteiger partial charge in [0.05, 0.1) is 12.6 Å². The van der Waals surface area contributed by atoms with Gasteiger partial charge in [0.1, 0.15) is 12.2 Å². The third-order valence-corrected chi connectivity index (χ3v) is 7.34. The number of rotatable bonds is 16. The number of unbranched alkanes of at least 4 members (excludes halogenated alkanes) is 12. The number of hydrogen-bond acceptors (Lipinski definition) is 5. The number of carbonyl (C=O) groups excluding carboxylic acids is 1. The van der Waals surface area contributed by atoms with Crippen LogP contribution in [0.5, 0.6) is 0 Å². The van der Waals surface area contributed by atoms with Crippen LogP contribution in [0.1, 0.15) is 103 Å². The highest BCUT2D eigenvalue weighted by atomic mass is 16.7. The molecule has 0 aromatic heterocycles. The minimum Gasteiger partial charge on any atom is -0.381 e. The van der Waals surface area contributed by atoms with E-state index in [1.165, 1.54) is 77.7 Å². The van der Waals surface area contributed by atoms with Gasteiger partial charge in [-0.3, -0.25) is 4.79 Å². The molecule has 0 aromatic carbocycles. The first-order valence-corrected chi connectivity index (χ1v) is 13.1. The molecule has 2 N–H and O–H groups in total. The monoisotopic (exact) mass is 451 g/mol. The van der Waals surface area contributed by atoms with E-state index < -0.39 is 11.4 Å². The van der Waals surface area contributed by atoms with E-state index in [0.29, 0.717) is 19.4 Å². The normalized spacial score (nSPS) is 32.9. The van der Waals surface area contributed by atoms with E-state index in [9.17, 15) is 9.90 Å². The quantitative estimate of drug-likeness (QED) is 0.200. The van der Waals surface area contributed by atoms with Crippen molar-refractivity contribution in [3.63, 3.8) is 0 Å². The first kappa shape index (κ1) is 25.7. The van der Waals surface area contributed by atoms with Crippen molar-refractivity contribution in [1.29, 1.82) is 0 Å². The summed E-state index contributed by atoms with van der Waals surface area (Å²) in [4.78, 5) is 12.4. The zero-order valence-corrected chi connectivity index (χ0v) is 20.3. The lowest BCUT2D eigenvalue weighted by Gasteiger charge is -2.49. The molecule has 2 aliphatic heterocycles. The van der Waals surface area contributed by atoms with Crippen LogP contribution in [0, 0.1) is 0 Å². The van der Waals surface area contributed by atoms with Gasteiger partial charge < -0.3 is 24.6 Å². The molecule has 0 saturated carbocycles. The van der Waals surface area contributed by atoms with Gasteiger partial charge in [0, 0.05) is 20.0 Å². The summed E-state index contributed by atoms with van der Waals surface area (Å²) in [5, 5.41) is 14.3. The van der Waals surface area contributed by atoms with E-state index >= 15 is 0 Å². The Balaban J connectivity index is 1.21. The molecule has 2 saturated heterocycles. The lowest BCUT2D eigenvalue weighted by atomic mass is 9.76. The van der Waals surface area contributed by atoms with E-state index in [0.717, 1.165) is 12.8 Å². The summed E-state index contributed by atoms with van der Waals surface area (Å²) in [6.45, 7) is 2.59. The fourth-order valence-electron chi connectivity index (χ4n) is 5.31. The predicted octanol–water partition coefficient (Wildman–Crippen LogP) is 4.78. The number of epoxide rings is 1. The number of amides is 1. The minimum atomic E-state index is -1.27. The minimum absolute atomic E-state index is 0.0369. The van der Waals surface area contributed by atoms with Crippen LogP contribution in [-0.2, 0) is 19.0 Å². The second-order valence-electron chi connectivity index (χ2n) is 9.95. The molecule has 3 rings (SSSR count). The molecular weight excluding hydrogens is 406 g/mol. The Morgan fingerprint density at radius 1 is 1.03 bits per heavy atom. The molecule has 2 fully saturated rings. The Kier molecular flexibility index (Phi) is 10.0. The van der Waals surface area contributed by atoms with Crippen LogP contribution in [0.25, 0.3) is 0 Å². The third kappa shape index (κ3) is 6.55. The van der Waals surface area contributed by atoms with Gasteiger partial charge >= 0.3 is 0 Å². The topological polar surface area (TPSA) is 80.3 Å². The number of hydrogen-bond donors (Lipinski definition) is 2. The van der Waals surface area contributed by atoms with Crippen molar-refractivity contribution in [2.24, 2.45) is 0 Å². The third-order valence-electron chi connectivity index (χ3n) is 7.34. The molecule has 32 heavy (non-hydrogen) atoms. The Morgan fingerprint density at radius 3 is 2.22 bits per heavy atom. The lowest BCUT2D eigenvalue weighted by Crippen LogP contribution is -2.68. The van der Waals surface area contributed by atoms with Crippen molar-refractivity contribution < 1.29 is 24.1 Å². The summed E-state index contributed by atoms with van der Waals surface area (Å²) in [6.07, 6.45) is 21.0. The van der Waals surface area contributed by atoms with E-state index in [4.69, 9.17) is 14.2 Å². The van der Waals surface area contributed by atoms with E-state index in [1.807, 2.05) is 6.08 Å². The summed E-state index contributed by atoms with van der Waals surface area (Å²) in [5.41, 5.74) is -1.27. The van der Waals surface area contributed by atoms with Crippen LogP contribution in [0.2, 0.25) is 0 Å². The maximum atomic E-state index is 12.4. The van der Waals surface area contributed by atoms with Gasteiger partial charge in [0.25, 0.3) is 0 Å². The Hall–Kier alpha value is -0.950. The van der Waals surface area contributed by atoms with Crippen molar-refractivity contribution in [3.05, 3.63) is 12.2 Å². The SMILES string of the molecule is CCCCCCCCCCCCCCCC(=O)N[C@@H]1CO[C@@]2(OC)C=C[C@H]3O[C@H]3[C@@]2(O)C1. The summed E-state index contributed by atoms with van der Waals surface area (Å²) in [7, 11) is 1.53. The molecular formula is C26H45NO5. The van der Waals surface area contributed by atoms with E-state index in [1.54, 1.807) is 6.08 Å². The average molecular weight is 452 g/mol. The smallest absolute Gasteiger partial charge is 0.220 e. The maximum absolute atomic E-state index is 12.4. The summed E-state index contributed by atoms with van der Waals surface area (Å²) in [5.74, 6) is -1.14. The van der Waals surface area contributed by atoms with Crippen molar-refractivity contribution >= 4 is 5.91 Å². The number of aliphatic hydroxyl groups is 1. The van der Waals surface area contributed by atoms with Crippen LogP contribution < -0.4 is 5.32 Å². The standard InChI is InChI=1S/C26H45NO5/c1-3-4-5-6-7-8-9-10-11-12-13-14-15-16-23(28)27-21-19-25(29)24-22(32-24)17-18-26(25,30-2)31-20-21/h17-18,21-22,24,29H,3-16,19-20H2,1-2H3,(H,27,28)/t21-,22+,24+,25-,26-/m0/s1. The molecule has 2 heterocycles. The first-order chi connectivity index (χ1) is 15.5. The zero-order valence-electron chi connectivity index (χ0n) is 20.3. The van der Waals surface area contributed by atoms with Gasteiger partial charge in [-0.25, -0.2) is 0 Å². The Bertz CT molecular complexity index is 611. The van der Waals surface area contributed by atoms with Gasteiger partial charge in [-0.2, -0.15) is 0 Å². The molecule has 1 aliphatic carbocycles. The van der Waals surface area contributed by atoms with Crippen LogP contribution >= 0.6 is 0 Å². The number of ether oxygens (including phenoxy) is 3. The maximum Gasteiger partial charge on any atom is 0.220 e. The van der Waals surface area contributed by atoms with Crippen molar-refractivity contribution in [3.8, 4) is 0 Å². The second kappa shape index (κ2) is 12.5. The fraction of sp³-hybridized carbons (Fsp3) is 0.885. The second-order valence-corrected chi connectivity index (χ2v) is 9.95. The van der Waals surface area contributed by atoms with E-state index in [-0.39, 0.29) is 24.2 Å².